The van der Waals surface area contributed by atoms with Crippen LogP contribution in [0.4, 0.5) is 0 Å². The smallest absolute Gasteiger partial charge is 0.303 e. The summed E-state index contributed by atoms with van der Waals surface area (Å²) in [6, 6.07) is 0. The van der Waals surface area contributed by atoms with Gasteiger partial charge in [-0.3, -0.25) is 9.59 Å². The Kier molecular flexibility index (Phi) is 15.1. The lowest BCUT2D eigenvalue weighted by atomic mass is 10.2. The third kappa shape index (κ3) is 18.1. The zero-order chi connectivity index (χ0) is 17.2. The molecule has 0 saturated heterocycles. The molecule has 0 aliphatic carbocycles. The molecule has 128 valence electrons. The lowest BCUT2D eigenvalue weighted by Crippen LogP contribution is -1.92. The van der Waals surface area contributed by atoms with Gasteiger partial charge in [-0.2, -0.15) is 0 Å². The molecule has 23 heavy (non-hydrogen) atoms. The number of hydrogen-bond acceptors (Lipinski definition) is 2. The highest BCUT2D eigenvalue weighted by Crippen LogP contribution is 2.01. The van der Waals surface area contributed by atoms with E-state index in [1.807, 2.05) is 18.2 Å². The predicted octanol–water partition coefficient (Wildman–Crippen LogP) is 5.40. The molecule has 0 aliphatic heterocycles. The van der Waals surface area contributed by atoms with Gasteiger partial charge in [0.25, 0.3) is 0 Å². The van der Waals surface area contributed by atoms with E-state index in [4.69, 9.17) is 5.11 Å². The van der Waals surface area contributed by atoms with Crippen LogP contribution in [0.3, 0.4) is 0 Å². The van der Waals surface area contributed by atoms with Gasteiger partial charge in [0.15, 0.2) is 5.78 Å². The minimum absolute atomic E-state index is 0.0726. The van der Waals surface area contributed by atoms with E-state index in [1.54, 1.807) is 18.2 Å². The number of carbonyl (C=O) groups is 2. The van der Waals surface area contributed by atoms with E-state index in [0.717, 1.165) is 19.3 Å². The zero-order valence-electron chi connectivity index (χ0n) is 14.2. The summed E-state index contributed by atoms with van der Waals surface area (Å²) in [6.07, 6.45) is 23.0. The minimum atomic E-state index is -0.772. The maximum absolute atomic E-state index is 11.6. The van der Waals surface area contributed by atoms with E-state index in [9.17, 15) is 9.59 Å². The molecule has 1 N–H and O–H groups in total. The first-order valence-electron chi connectivity index (χ1n) is 8.54. The molecule has 0 spiro atoms. The van der Waals surface area contributed by atoms with Gasteiger partial charge in [-0.25, -0.2) is 0 Å². The van der Waals surface area contributed by atoms with E-state index < -0.39 is 5.97 Å². The highest BCUT2D eigenvalue weighted by Gasteiger charge is 1.93. The molecule has 0 amide bonds. The van der Waals surface area contributed by atoms with Crippen molar-refractivity contribution in [2.75, 3.05) is 0 Å². The normalized spacial score (nSPS) is 12.2. The van der Waals surface area contributed by atoms with Crippen LogP contribution in [0.15, 0.2) is 48.6 Å². The van der Waals surface area contributed by atoms with Gasteiger partial charge < -0.3 is 5.11 Å². The summed E-state index contributed by atoms with van der Waals surface area (Å²) in [6.45, 7) is 2.20. The van der Waals surface area contributed by atoms with Gasteiger partial charge in [-0.1, -0.05) is 62.3 Å². The Labute approximate surface area is 140 Å². The van der Waals surface area contributed by atoms with Gasteiger partial charge in [0, 0.05) is 12.8 Å². The Bertz CT molecular complexity index is 428. The first-order chi connectivity index (χ1) is 11.2. The van der Waals surface area contributed by atoms with Crippen molar-refractivity contribution in [1.29, 1.82) is 0 Å². The molecule has 3 heteroatoms. The highest BCUT2D eigenvalue weighted by molar-refractivity contribution is 5.90. The summed E-state index contributed by atoms with van der Waals surface area (Å²) >= 11 is 0. The van der Waals surface area contributed by atoms with Crippen molar-refractivity contribution >= 4 is 11.8 Å². The molecule has 0 bridgehead atoms. The van der Waals surface area contributed by atoms with Crippen LogP contribution in [0.2, 0.25) is 0 Å². The molecule has 0 radical (unpaired) electrons. The van der Waals surface area contributed by atoms with Crippen molar-refractivity contribution in [2.24, 2.45) is 0 Å². The molecule has 0 atom stereocenters. The Hall–Kier alpha value is -1.90. The van der Waals surface area contributed by atoms with E-state index in [-0.39, 0.29) is 12.2 Å². The van der Waals surface area contributed by atoms with Crippen LogP contribution >= 0.6 is 0 Å². The SMILES string of the molecule is CCCCCC=CCC=CCC(=O)C=CC=CCCCC(=O)O. The van der Waals surface area contributed by atoms with Crippen LogP contribution in [0, 0.1) is 0 Å². The quantitative estimate of drug-likeness (QED) is 0.202. The number of ketones is 1. The fraction of sp³-hybridized carbons (Fsp3) is 0.500. The van der Waals surface area contributed by atoms with Crippen molar-refractivity contribution < 1.29 is 14.7 Å². The molecule has 0 aromatic rings. The van der Waals surface area contributed by atoms with E-state index in [0.29, 0.717) is 12.8 Å². The average Bonchev–Trinajstić information content (AvgIpc) is 2.52. The van der Waals surface area contributed by atoms with E-state index in [2.05, 4.69) is 19.1 Å². The van der Waals surface area contributed by atoms with Crippen molar-refractivity contribution in [3.63, 3.8) is 0 Å². The van der Waals surface area contributed by atoms with E-state index in [1.165, 1.54) is 19.3 Å². The van der Waals surface area contributed by atoms with Gasteiger partial charge in [0.1, 0.15) is 0 Å². The maximum Gasteiger partial charge on any atom is 0.303 e. The molecular formula is C20H30O3. The molecule has 0 heterocycles. The highest BCUT2D eigenvalue weighted by atomic mass is 16.4. The minimum Gasteiger partial charge on any atom is -0.481 e. The Morgan fingerprint density at radius 3 is 2.35 bits per heavy atom. The number of allylic oxidation sites excluding steroid dienone is 8. The van der Waals surface area contributed by atoms with Crippen LogP contribution in [0.1, 0.15) is 64.7 Å². The van der Waals surface area contributed by atoms with Crippen molar-refractivity contribution in [3.8, 4) is 0 Å². The number of rotatable bonds is 14. The summed E-state index contributed by atoms with van der Waals surface area (Å²) < 4.78 is 0. The molecule has 0 aliphatic rings. The van der Waals surface area contributed by atoms with Gasteiger partial charge in [0.05, 0.1) is 0 Å². The number of aliphatic carboxylic acids is 1. The monoisotopic (exact) mass is 318 g/mol. The molecule has 0 aromatic heterocycles. The molecule has 0 aromatic carbocycles. The summed E-state index contributed by atoms with van der Waals surface area (Å²) in [4.78, 5) is 21.9. The zero-order valence-corrected chi connectivity index (χ0v) is 14.2. The second-order valence-electron chi connectivity index (χ2n) is 5.42. The van der Waals surface area contributed by atoms with Crippen LogP contribution in [0.5, 0.6) is 0 Å². The molecule has 3 nitrogen and oxygen atoms in total. The molecule has 0 rings (SSSR count). The van der Waals surface area contributed by atoms with Gasteiger partial charge in [-0.05, 0) is 38.2 Å². The second-order valence-corrected chi connectivity index (χ2v) is 5.42. The van der Waals surface area contributed by atoms with E-state index >= 15 is 0 Å². The van der Waals surface area contributed by atoms with Crippen molar-refractivity contribution in [3.05, 3.63) is 48.6 Å². The van der Waals surface area contributed by atoms with Crippen LogP contribution in [0.25, 0.3) is 0 Å². The Morgan fingerprint density at radius 1 is 0.870 bits per heavy atom. The van der Waals surface area contributed by atoms with Crippen LogP contribution in [-0.4, -0.2) is 16.9 Å². The lowest BCUT2D eigenvalue weighted by Gasteiger charge is -1.91. The van der Waals surface area contributed by atoms with Crippen LogP contribution < -0.4 is 0 Å². The first-order valence-corrected chi connectivity index (χ1v) is 8.54. The third-order valence-corrected chi connectivity index (χ3v) is 3.19. The largest absolute Gasteiger partial charge is 0.481 e. The molecule has 0 fully saturated rings. The number of hydrogen-bond donors (Lipinski definition) is 1. The molecule has 0 unspecified atom stereocenters. The maximum atomic E-state index is 11.6. The lowest BCUT2D eigenvalue weighted by molar-refractivity contribution is -0.137. The number of unbranched alkanes of at least 4 members (excludes halogenated alkanes) is 4. The molecular weight excluding hydrogens is 288 g/mol. The summed E-state index contributed by atoms with van der Waals surface area (Å²) in [5.41, 5.74) is 0. The number of carbonyl (C=O) groups excluding carboxylic acids is 1. The summed E-state index contributed by atoms with van der Waals surface area (Å²) in [5, 5.41) is 8.48. The average molecular weight is 318 g/mol. The molecule has 0 saturated carbocycles. The predicted molar refractivity (Wildman–Crippen MR) is 96.4 cm³/mol. The summed E-state index contributed by atoms with van der Waals surface area (Å²) in [7, 11) is 0. The Balaban J connectivity index is 3.65. The van der Waals surface area contributed by atoms with Crippen molar-refractivity contribution in [2.45, 2.75) is 64.7 Å². The van der Waals surface area contributed by atoms with Gasteiger partial charge in [-0.15, -0.1) is 0 Å². The second kappa shape index (κ2) is 16.5. The summed E-state index contributed by atoms with van der Waals surface area (Å²) in [5.74, 6) is -0.699. The first kappa shape index (κ1) is 21.1. The third-order valence-electron chi connectivity index (χ3n) is 3.19. The van der Waals surface area contributed by atoms with Gasteiger partial charge in [0.2, 0.25) is 0 Å². The fourth-order valence-electron chi connectivity index (χ4n) is 1.88. The standard InChI is InChI=1S/C20H30O3/c1-2-3-4-5-6-7-8-10-13-16-19(21)17-14-11-9-12-15-18-20(22)23/h6-7,9-11,13-14,17H,2-5,8,12,15-16,18H2,1H3,(H,22,23). The van der Waals surface area contributed by atoms with Crippen molar-refractivity contribution in [1.82, 2.24) is 0 Å². The van der Waals surface area contributed by atoms with Crippen LogP contribution in [-0.2, 0) is 9.59 Å². The number of carboxylic acid groups (broad SMARTS) is 1. The van der Waals surface area contributed by atoms with Gasteiger partial charge >= 0.3 is 5.97 Å². The fourth-order valence-corrected chi connectivity index (χ4v) is 1.88. The topological polar surface area (TPSA) is 54.4 Å². The number of carboxylic acids is 1. The Morgan fingerprint density at radius 2 is 1.61 bits per heavy atom.